The molecule has 0 radical (unpaired) electrons. The van der Waals surface area contributed by atoms with Gasteiger partial charge in [-0.1, -0.05) is 24.3 Å². The zero-order valence-electron chi connectivity index (χ0n) is 15.6. The van der Waals surface area contributed by atoms with Gasteiger partial charge >= 0.3 is 0 Å². The van der Waals surface area contributed by atoms with Crippen molar-refractivity contribution >= 4 is 22.8 Å². The van der Waals surface area contributed by atoms with Crippen LogP contribution in [0.4, 0.5) is 5.82 Å². The smallest absolute Gasteiger partial charge is 0.251 e. The van der Waals surface area contributed by atoms with Crippen LogP contribution in [-0.4, -0.2) is 44.1 Å². The van der Waals surface area contributed by atoms with E-state index >= 15 is 0 Å². The lowest BCUT2D eigenvalue weighted by atomic mass is 10.1. The first-order valence-electron chi connectivity index (χ1n) is 9.23. The number of anilines is 1. The number of imidazole rings is 1. The van der Waals surface area contributed by atoms with E-state index in [1.807, 2.05) is 24.3 Å². The maximum Gasteiger partial charge on any atom is 0.251 e. The minimum Gasteiger partial charge on any atom is -0.396 e. The molecule has 8 nitrogen and oxygen atoms in total. The Morgan fingerprint density at radius 3 is 2.66 bits per heavy atom. The van der Waals surface area contributed by atoms with Crippen LogP contribution >= 0.6 is 0 Å². The minimum atomic E-state index is -0.194. The van der Waals surface area contributed by atoms with Gasteiger partial charge in [0.05, 0.1) is 17.2 Å². The molecule has 0 spiro atoms. The summed E-state index contributed by atoms with van der Waals surface area (Å²) in [5.41, 5.74) is 10.2. The Balaban J connectivity index is 1.61. The lowest BCUT2D eigenvalue weighted by Gasteiger charge is -2.08. The molecule has 4 aromatic rings. The number of H-pyrrole nitrogens is 1. The molecule has 2 heterocycles. The van der Waals surface area contributed by atoms with E-state index < -0.39 is 0 Å². The summed E-state index contributed by atoms with van der Waals surface area (Å²) in [6.45, 7) is 0.466. The van der Waals surface area contributed by atoms with Crippen molar-refractivity contribution in [2.45, 2.75) is 6.42 Å². The Morgan fingerprint density at radius 1 is 1.10 bits per heavy atom. The highest BCUT2D eigenvalue weighted by Gasteiger charge is 2.13. The third-order valence-electron chi connectivity index (χ3n) is 4.47. The zero-order chi connectivity index (χ0) is 20.2. The number of aromatic nitrogens is 4. The molecule has 0 atom stereocenters. The number of nitrogens with two attached hydrogens (primary N) is 1. The van der Waals surface area contributed by atoms with Crippen LogP contribution in [0.5, 0.6) is 0 Å². The van der Waals surface area contributed by atoms with E-state index in [9.17, 15) is 4.79 Å². The normalized spacial score (nSPS) is 10.9. The molecule has 29 heavy (non-hydrogen) atoms. The van der Waals surface area contributed by atoms with Crippen molar-refractivity contribution in [2.75, 3.05) is 18.9 Å². The second-order valence-electron chi connectivity index (χ2n) is 6.50. The fourth-order valence-corrected chi connectivity index (χ4v) is 2.96. The van der Waals surface area contributed by atoms with E-state index in [0.717, 1.165) is 16.6 Å². The van der Waals surface area contributed by atoms with E-state index in [-0.39, 0.29) is 12.5 Å². The number of carbonyl (C=O) groups excluding carboxylic acids is 1. The molecule has 8 heteroatoms. The Bertz CT molecular complexity index is 1120. The van der Waals surface area contributed by atoms with E-state index in [2.05, 4.69) is 25.3 Å². The lowest BCUT2D eigenvalue weighted by Crippen LogP contribution is -2.24. The van der Waals surface area contributed by atoms with Crippen molar-refractivity contribution in [3.8, 4) is 22.8 Å². The molecule has 0 fully saturated rings. The van der Waals surface area contributed by atoms with Crippen LogP contribution in [0, 0.1) is 0 Å². The highest BCUT2D eigenvalue weighted by atomic mass is 16.3. The van der Waals surface area contributed by atoms with Gasteiger partial charge in [0.15, 0.2) is 5.82 Å². The van der Waals surface area contributed by atoms with Crippen molar-refractivity contribution in [2.24, 2.45) is 0 Å². The molecule has 0 aliphatic rings. The van der Waals surface area contributed by atoms with Crippen LogP contribution < -0.4 is 11.1 Å². The Morgan fingerprint density at radius 2 is 1.90 bits per heavy atom. The number of para-hydroxylation sites is 2. The van der Waals surface area contributed by atoms with Crippen molar-refractivity contribution in [3.63, 3.8) is 0 Å². The van der Waals surface area contributed by atoms with Gasteiger partial charge in [0.1, 0.15) is 17.2 Å². The Hall–Kier alpha value is -3.78. The van der Waals surface area contributed by atoms with E-state index in [0.29, 0.717) is 41.6 Å². The molecule has 5 N–H and O–H groups in total. The first-order chi connectivity index (χ1) is 14.2. The number of aromatic amines is 1. The molecular weight excluding hydrogens is 368 g/mol. The van der Waals surface area contributed by atoms with E-state index in [1.165, 1.54) is 0 Å². The number of hydrogen-bond acceptors (Lipinski definition) is 6. The highest BCUT2D eigenvalue weighted by Crippen LogP contribution is 2.26. The molecule has 4 rings (SSSR count). The third-order valence-corrected chi connectivity index (χ3v) is 4.47. The second-order valence-corrected chi connectivity index (χ2v) is 6.50. The van der Waals surface area contributed by atoms with Crippen LogP contribution in [0.25, 0.3) is 33.8 Å². The molecule has 0 aliphatic carbocycles. The van der Waals surface area contributed by atoms with Crippen molar-refractivity contribution in [1.29, 1.82) is 0 Å². The van der Waals surface area contributed by atoms with Gasteiger partial charge in [-0.3, -0.25) is 4.79 Å². The monoisotopic (exact) mass is 388 g/mol. The average molecular weight is 388 g/mol. The van der Waals surface area contributed by atoms with Gasteiger partial charge in [0.2, 0.25) is 0 Å². The van der Waals surface area contributed by atoms with Gasteiger partial charge in [0, 0.05) is 24.3 Å². The van der Waals surface area contributed by atoms with Gasteiger partial charge in [-0.15, -0.1) is 0 Å². The summed E-state index contributed by atoms with van der Waals surface area (Å²) in [6, 6.07) is 14.7. The quantitative estimate of drug-likeness (QED) is 0.375. The molecular formula is C21H20N6O2. The molecule has 0 bridgehead atoms. The molecule has 146 valence electrons. The number of amides is 1. The largest absolute Gasteiger partial charge is 0.396 e. The second kappa shape index (κ2) is 8.07. The maximum atomic E-state index is 12.1. The summed E-state index contributed by atoms with van der Waals surface area (Å²) in [5, 5.41) is 11.6. The highest BCUT2D eigenvalue weighted by molar-refractivity contribution is 5.94. The standard InChI is InChI=1S/C21H20N6O2/c22-19-18(13-6-8-14(9-7-13)21(29)23-10-3-11-28)25-17(12-24-19)20-26-15-4-1-2-5-16(15)27-20/h1-2,4-9,12,28H,3,10-11H2,(H2,22,24)(H,23,29)(H,26,27). The number of carbonyl (C=O) groups is 1. The first-order valence-corrected chi connectivity index (χ1v) is 9.23. The summed E-state index contributed by atoms with van der Waals surface area (Å²) in [4.78, 5) is 28.8. The zero-order valence-corrected chi connectivity index (χ0v) is 15.6. The fourth-order valence-electron chi connectivity index (χ4n) is 2.96. The van der Waals surface area contributed by atoms with Crippen LogP contribution in [0.2, 0.25) is 0 Å². The van der Waals surface area contributed by atoms with Gasteiger partial charge in [-0.2, -0.15) is 0 Å². The topological polar surface area (TPSA) is 130 Å². The van der Waals surface area contributed by atoms with Crippen molar-refractivity contribution in [1.82, 2.24) is 25.3 Å². The Labute approximate surface area is 166 Å². The summed E-state index contributed by atoms with van der Waals surface area (Å²) >= 11 is 0. The predicted octanol–water partition coefficient (Wildman–Crippen LogP) is 2.38. The molecule has 0 saturated heterocycles. The Kier molecular flexibility index (Phi) is 5.17. The molecule has 2 aromatic carbocycles. The number of rotatable bonds is 6. The first kappa shape index (κ1) is 18.6. The van der Waals surface area contributed by atoms with Crippen LogP contribution in [0.15, 0.2) is 54.7 Å². The van der Waals surface area contributed by atoms with Gasteiger partial charge in [-0.25, -0.2) is 15.0 Å². The number of nitrogens with zero attached hydrogens (tertiary/aromatic N) is 3. The molecule has 1 amide bonds. The van der Waals surface area contributed by atoms with E-state index in [1.54, 1.807) is 30.5 Å². The lowest BCUT2D eigenvalue weighted by molar-refractivity contribution is 0.0951. The predicted molar refractivity (Wildman–Crippen MR) is 111 cm³/mol. The van der Waals surface area contributed by atoms with E-state index in [4.69, 9.17) is 10.8 Å². The molecule has 0 unspecified atom stereocenters. The summed E-state index contributed by atoms with van der Waals surface area (Å²) in [6.07, 6.45) is 2.10. The summed E-state index contributed by atoms with van der Waals surface area (Å²) in [7, 11) is 0. The number of nitrogens with one attached hydrogen (secondary N) is 2. The van der Waals surface area contributed by atoms with Crippen molar-refractivity contribution in [3.05, 3.63) is 60.3 Å². The van der Waals surface area contributed by atoms with Gasteiger partial charge < -0.3 is 21.1 Å². The SMILES string of the molecule is Nc1ncc(-c2nc3ccccc3[nH]2)nc1-c1ccc(C(=O)NCCCO)cc1. The number of aliphatic hydroxyl groups excluding tert-OH is 1. The van der Waals surface area contributed by atoms with Crippen molar-refractivity contribution < 1.29 is 9.90 Å². The molecule has 0 saturated carbocycles. The average Bonchev–Trinajstić information content (AvgIpc) is 3.18. The van der Waals surface area contributed by atoms with Gasteiger partial charge in [-0.05, 0) is 30.7 Å². The molecule has 2 aromatic heterocycles. The number of nitrogen functional groups attached to an aromatic ring is 1. The number of benzene rings is 2. The van der Waals surface area contributed by atoms with Crippen LogP contribution in [0.3, 0.4) is 0 Å². The number of hydrogen-bond donors (Lipinski definition) is 4. The number of aliphatic hydroxyl groups is 1. The maximum absolute atomic E-state index is 12.1. The van der Waals surface area contributed by atoms with Gasteiger partial charge in [0.25, 0.3) is 5.91 Å². The summed E-state index contributed by atoms with van der Waals surface area (Å²) < 4.78 is 0. The van der Waals surface area contributed by atoms with Crippen LogP contribution in [0.1, 0.15) is 16.8 Å². The van der Waals surface area contributed by atoms with Crippen LogP contribution in [-0.2, 0) is 0 Å². The fraction of sp³-hybridized carbons (Fsp3) is 0.143. The molecule has 0 aliphatic heterocycles. The minimum absolute atomic E-state index is 0.0404. The summed E-state index contributed by atoms with van der Waals surface area (Å²) in [5.74, 6) is 0.713. The number of fused-ring (bicyclic) bond motifs is 1. The third kappa shape index (κ3) is 3.92.